The number of amidine groups is 1. The van der Waals surface area contributed by atoms with Crippen molar-refractivity contribution in [1.29, 1.82) is 0 Å². The molecule has 1 saturated heterocycles. The Morgan fingerprint density at radius 1 is 1.17 bits per heavy atom. The second-order valence-corrected chi connectivity index (χ2v) is 11.7. The smallest absolute Gasteiger partial charge is 0.406 e. The van der Waals surface area contributed by atoms with Crippen molar-refractivity contribution < 1.29 is 35.9 Å². The molecule has 2 heterocycles. The van der Waals surface area contributed by atoms with Crippen LogP contribution in [0.5, 0.6) is 5.75 Å². The first-order chi connectivity index (χ1) is 19.1. The van der Waals surface area contributed by atoms with Crippen LogP contribution in [-0.2, 0) is 14.8 Å². The molecule has 0 atom stereocenters. The number of nitrogens with one attached hydrogen (secondary N) is 2. The van der Waals surface area contributed by atoms with Gasteiger partial charge >= 0.3 is 12.4 Å². The lowest BCUT2D eigenvalue weighted by Crippen LogP contribution is -2.50. The van der Waals surface area contributed by atoms with Crippen LogP contribution in [0.4, 0.5) is 23.7 Å². The SMILES string of the molecule is CNC(=O)N(C)c1cc(C)c(/C=C/S(=O)(=O)N2CCC3(CC2)N=C(c2cccc(OC(F)(F)F)c2)NC3=O)c(C)c1. The number of sulfonamides is 1. The molecule has 10 nitrogen and oxygen atoms in total. The number of carbonyl (C=O) groups excluding carboxylic acids is 2. The normalized spacial score (nSPS) is 17.4. The number of piperidine rings is 1. The minimum Gasteiger partial charge on any atom is -0.406 e. The Hall–Kier alpha value is -3.91. The summed E-state index contributed by atoms with van der Waals surface area (Å²) in [5.41, 5.74) is 1.97. The summed E-state index contributed by atoms with van der Waals surface area (Å²) in [6.07, 6.45) is -3.14. The van der Waals surface area contributed by atoms with Crippen LogP contribution in [0.2, 0.25) is 0 Å². The number of halogens is 3. The van der Waals surface area contributed by atoms with Gasteiger partial charge in [-0.05, 0) is 73.7 Å². The van der Waals surface area contributed by atoms with Gasteiger partial charge < -0.3 is 15.4 Å². The van der Waals surface area contributed by atoms with Gasteiger partial charge in [0.2, 0.25) is 10.0 Å². The molecule has 2 aromatic rings. The fourth-order valence-electron chi connectivity index (χ4n) is 4.88. The lowest BCUT2D eigenvalue weighted by molar-refractivity contribution is -0.274. The second-order valence-electron chi connectivity index (χ2n) is 9.88. The van der Waals surface area contributed by atoms with Crippen LogP contribution in [0.25, 0.3) is 6.08 Å². The number of amides is 3. The van der Waals surface area contributed by atoms with E-state index in [2.05, 4.69) is 20.4 Å². The van der Waals surface area contributed by atoms with Crippen LogP contribution in [0.3, 0.4) is 0 Å². The second kappa shape index (κ2) is 11.2. The predicted molar refractivity (Wildman–Crippen MR) is 148 cm³/mol. The first-order valence-electron chi connectivity index (χ1n) is 12.7. The zero-order valence-electron chi connectivity index (χ0n) is 22.9. The third-order valence-corrected chi connectivity index (χ3v) is 8.69. The van der Waals surface area contributed by atoms with Crippen molar-refractivity contribution in [1.82, 2.24) is 14.9 Å². The molecule has 0 saturated carbocycles. The summed E-state index contributed by atoms with van der Waals surface area (Å²) in [7, 11) is -0.673. The molecule has 41 heavy (non-hydrogen) atoms. The van der Waals surface area contributed by atoms with E-state index in [1.807, 2.05) is 13.8 Å². The van der Waals surface area contributed by atoms with Gasteiger partial charge in [-0.2, -0.15) is 4.31 Å². The summed E-state index contributed by atoms with van der Waals surface area (Å²) >= 11 is 0. The molecule has 2 aliphatic rings. The van der Waals surface area contributed by atoms with Gasteiger partial charge in [-0.25, -0.2) is 13.2 Å². The highest BCUT2D eigenvalue weighted by Gasteiger charge is 2.47. The number of benzene rings is 2. The van der Waals surface area contributed by atoms with Gasteiger partial charge in [-0.15, -0.1) is 13.2 Å². The molecule has 3 amide bonds. The van der Waals surface area contributed by atoms with E-state index >= 15 is 0 Å². The Bertz CT molecular complexity index is 1510. The number of carbonyl (C=O) groups is 2. The molecular weight excluding hydrogens is 563 g/mol. The number of hydrogen-bond acceptors (Lipinski definition) is 6. The Morgan fingerprint density at radius 3 is 2.39 bits per heavy atom. The van der Waals surface area contributed by atoms with E-state index in [1.54, 1.807) is 19.2 Å². The van der Waals surface area contributed by atoms with Gasteiger partial charge in [-0.1, -0.05) is 12.1 Å². The van der Waals surface area contributed by atoms with Crippen molar-refractivity contribution >= 4 is 39.6 Å². The predicted octanol–water partition coefficient (Wildman–Crippen LogP) is 3.69. The van der Waals surface area contributed by atoms with Crippen molar-refractivity contribution in [3.63, 3.8) is 0 Å². The number of urea groups is 1. The molecule has 0 bridgehead atoms. The Morgan fingerprint density at radius 2 is 1.80 bits per heavy atom. The molecule has 220 valence electrons. The Labute approximate surface area is 235 Å². The maximum absolute atomic E-state index is 13.1. The van der Waals surface area contributed by atoms with Gasteiger partial charge in [0.15, 0.2) is 0 Å². The van der Waals surface area contributed by atoms with Crippen LogP contribution in [0.15, 0.2) is 46.8 Å². The summed E-state index contributed by atoms with van der Waals surface area (Å²) in [6, 6.07) is 8.42. The van der Waals surface area contributed by atoms with Crippen LogP contribution in [0.1, 0.15) is 35.1 Å². The van der Waals surface area contributed by atoms with Crippen LogP contribution in [0, 0.1) is 13.8 Å². The first kappa shape index (κ1) is 30.1. The molecule has 14 heteroatoms. The van der Waals surface area contributed by atoms with Gasteiger partial charge in [0, 0.05) is 43.8 Å². The highest BCUT2D eigenvalue weighted by atomic mass is 32.2. The molecule has 0 aromatic heterocycles. The van der Waals surface area contributed by atoms with Crippen LogP contribution in [-0.4, -0.2) is 69.6 Å². The number of anilines is 1. The number of rotatable bonds is 6. The van der Waals surface area contributed by atoms with Gasteiger partial charge in [0.05, 0.1) is 0 Å². The average Bonchev–Trinajstić information content (AvgIpc) is 3.21. The zero-order valence-corrected chi connectivity index (χ0v) is 23.7. The van der Waals surface area contributed by atoms with E-state index < -0.39 is 33.6 Å². The standard InChI is InChI=1S/C27H30F3N5O5S/c1-17-14-20(34(4)25(37)31-3)15-18(2)22(17)8-13-41(38,39)35-11-9-26(10-12-35)24(36)32-23(33-26)19-6-5-7-21(16-19)40-27(28,29)30/h5-8,13-16H,9-12H2,1-4H3,(H,31,37)(H,32,33,36)/b13-8+. The molecule has 1 fully saturated rings. The van der Waals surface area contributed by atoms with E-state index in [-0.39, 0.29) is 43.4 Å². The lowest BCUT2D eigenvalue weighted by atomic mass is 9.89. The molecule has 2 N–H and O–H groups in total. The van der Waals surface area contributed by atoms with Gasteiger partial charge in [-0.3, -0.25) is 14.7 Å². The molecule has 1 spiro atoms. The molecule has 0 radical (unpaired) electrons. The molecule has 0 unspecified atom stereocenters. The molecule has 2 aliphatic heterocycles. The van der Waals surface area contributed by atoms with E-state index in [0.717, 1.165) is 28.7 Å². The minimum absolute atomic E-state index is 0.0297. The van der Waals surface area contributed by atoms with Gasteiger partial charge in [0.25, 0.3) is 5.91 Å². The van der Waals surface area contributed by atoms with Crippen molar-refractivity contribution in [2.24, 2.45) is 4.99 Å². The van der Waals surface area contributed by atoms with E-state index in [4.69, 9.17) is 0 Å². The minimum atomic E-state index is -4.86. The maximum atomic E-state index is 13.1. The number of nitrogens with zero attached hydrogens (tertiary/aromatic N) is 3. The highest BCUT2D eigenvalue weighted by Crippen LogP contribution is 2.33. The van der Waals surface area contributed by atoms with Crippen molar-refractivity contribution in [2.75, 3.05) is 32.1 Å². The zero-order chi connectivity index (χ0) is 30.2. The van der Waals surface area contributed by atoms with E-state index in [9.17, 15) is 31.2 Å². The summed E-state index contributed by atoms with van der Waals surface area (Å²) in [5.74, 6) is -0.773. The summed E-state index contributed by atoms with van der Waals surface area (Å²) in [6.45, 7) is 3.71. The average molecular weight is 594 g/mol. The van der Waals surface area contributed by atoms with Crippen molar-refractivity contribution in [3.8, 4) is 5.75 Å². The lowest BCUT2D eigenvalue weighted by Gasteiger charge is -2.34. The topological polar surface area (TPSA) is 120 Å². The summed E-state index contributed by atoms with van der Waals surface area (Å²) < 4.78 is 69.3. The van der Waals surface area contributed by atoms with Crippen LogP contribution >= 0.6 is 0 Å². The number of ether oxygens (including phenoxy) is 1. The third kappa shape index (κ3) is 6.54. The van der Waals surface area contributed by atoms with Crippen LogP contribution < -0.4 is 20.3 Å². The largest absolute Gasteiger partial charge is 0.573 e. The number of aliphatic imine (C=N–C) groups is 1. The number of alkyl halides is 3. The van der Waals surface area contributed by atoms with Gasteiger partial charge in [0.1, 0.15) is 17.1 Å². The fourth-order valence-corrected chi connectivity index (χ4v) is 6.05. The number of hydrogen-bond donors (Lipinski definition) is 2. The Balaban J connectivity index is 1.47. The third-order valence-electron chi connectivity index (χ3n) is 7.12. The molecule has 0 aliphatic carbocycles. The first-order valence-corrected chi connectivity index (χ1v) is 14.2. The highest BCUT2D eigenvalue weighted by molar-refractivity contribution is 7.92. The van der Waals surface area contributed by atoms with E-state index in [0.29, 0.717) is 11.3 Å². The fraction of sp³-hybridized carbons (Fsp3) is 0.370. The number of aryl methyl sites for hydroxylation is 2. The van der Waals surface area contributed by atoms with Crippen molar-refractivity contribution in [3.05, 3.63) is 64.1 Å². The monoisotopic (exact) mass is 593 g/mol. The van der Waals surface area contributed by atoms with E-state index in [1.165, 1.54) is 34.5 Å². The maximum Gasteiger partial charge on any atom is 0.573 e. The molecular formula is C27H30F3N5O5S. The Kier molecular flexibility index (Phi) is 8.18. The molecule has 4 rings (SSSR count). The summed E-state index contributed by atoms with van der Waals surface area (Å²) in [5, 5.41) is 6.30. The summed E-state index contributed by atoms with van der Waals surface area (Å²) in [4.78, 5) is 30.8. The molecule has 2 aromatic carbocycles. The van der Waals surface area contributed by atoms with Crippen molar-refractivity contribution in [2.45, 2.75) is 38.6 Å². The quantitative estimate of drug-likeness (QED) is 0.530.